The lowest BCUT2D eigenvalue weighted by atomic mass is 9.87. The number of Topliss-reactive ketones (excluding diaryl/α,β-unsaturated/α-hetero) is 1. The topological polar surface area (TPSA) is 46.2 Å². The zero-order valence-corrected chi connectivity index (χ0v) is 13.0. The molecule has 1 N–H and O–H groups in total. The van der Waals surface area contributed by atoms with Crippen LogP contribution in [0.2, 0.25) is 0 Å². The lowest BCUT2D eigenvalue weighted by molar-refractivity contribution is -0.122. The third-order valence-corrected chi connectivity index (χ3v) is 4.25. The van der Waals surface area contributed by atoms with Crippen molar-refractivity contribution in [2.45, 2.75) is 58.4 Å². The van der Waals surface area contributed by atoms with Gasteiger partial charge in [0.15, 0.2) is 5.78 Å². The fraction of sp³-hybridized carbons (Fsp3) is 0.556. The van der Waals surface area contributed by atoms with Crippen LogP contribution in [0.15, 0.2) is 24.3 Å². The van der Waals surface area contributed by atoms with Crippen molar-refractivity contribution in [3.63, 3.8) is 0 Å². The molecular formula is C18H25NO2. The van der Waals surface area contributed by atoms with Gasteiger partial charge in [0.25, 0.3) is 0 Å². The zero-order valence-electron chi connectivity index (χ0n) is 13.0. The van der Waals surface area contributed by atoms with E-state index < -0.39 is 0 Å². The summed E-state index contributed by atoms with van der Waals surface area (Å²) < 4.78 is 0. The normalized spacial score (nSPS) is 21.8. The molecule has 1 amide bonds. The minimum atomic E-state index is 0.00885. The van der Waals surface area contributed by atoms with Crippen molar-refractivity contribution in [2.75, 3.05) is 0 Å². The maximum Gasteiger partial charge on any atom is 0.220 e. The van der Waals surface area contributed by atoms with Crippen molar-refractivity contribution < 1.29 is 9.59 Å². The summed E-state index contributed by atoms with van der Waals surface area (Å²) in [6.07, 6.45) is 5.17. The first kappa shape index (κ1) is 15.7. The summed E-state index contributed by atoms with van der Waals surface area (Å²) in [4.78, 5) is 24.0. The van der Waals surface area contributed by atoms with Crippen LogP contribution in [0, 0.1) is 12.8 Å². The number of nitrogens with one attached hydrogen (secondary N) is 1. The average Bonchev–Trinajstić information content (AvgIpc) is 2.45. The fourth-order valence-electron chi connectivity index (χ4n) is 2.98. The van der Waals surface area contributed by atoms with Crippen molar-refractivity contribution in [3.8, 4) is 0 Å². The van der Waals surface area contributed by atoms with E-state index in [0.29, 0.717) is 17.5 Å². The van der Waals surface area contributed by atoms with Crippen molar-refractivity contribution in [2.24, 2.45) is 5.92 Å². The first-order chi connectivity index (χ1) is 10.0. The van der Waals surface area contributed by atoms with Gasteiger partial charge in [-0.2, -0.15) is 0 Å². The van der Waals surface area contributed by atoms with Crippen molar-refractivity contribution in [1.29, 1.82) is 0 Å². The molecule has 1 aromatic carbocycles. The Morgan fingerprint density at radius 2 is 1.86 bits per heavy atom. The van der Waals surface area contributed by atoms with E-state index in [1.54, 1.807) is 0 Å². The van der Waals surface area contributed by atoms with Crippen LogP contribution in [0.5, 0.6) is 0 Å². The van der Waals surface area contributed by atoms with Crippen molar-refractivity contribution in [1.82, 2.24) is 5.32 Å². The number of hydrogen-bond donors (Lipinski definition) is 1. The molecule has 2 atom stereocenters. The van der Waals surface area contributed by atoms with E-state index in [9.17, 15) is 9.59 Å². The first-order valence-corrected chi connectivity index (χ1v) is 7.94. The van der Waals surface area contributed by atoms with Crippen LogP contribution in [-0.2, 0) is 4.79 Å². The largest absolute Gasteiger partial charge is 0.353 e. The minimum Gasteiger partial charge on any atom is -0.353 e. The number of hydrogen-bond acceptors (Lipinski definition) is 2. The van der Waals surface area contributed by atoms with Crippen LogP contribution in [0.4, 0.5) is 0 Å². The minimum absolute atomic E-state index is 0.00885. The zero-order chi connectivity index (χ0) is 15.2. The van der Waals surface area contributed by atoms with Crippen LogP contribution < -0.4 is 5.32 Å². The van der Waals surface area contributed by atoms with E-state index >= 15 is 0 Å². The summed E-state index contributed by atoms with van der Waals surface area (Å²) in [6, 6.07) is 7.82. The van der Waals surface area contributed by atoms with Crippen LogP contribution in [-0.4, -0.2) is 17.7 Å². The van der Waals surface area contributed by atoms with E-state index in [1.807, 2.05) is 31.2 Å². The van der Waals surface area contributed by atoms with Gasteiger partial charge < -0.3 is 5.32 Å². The van der Waals surface area contributed by atoms with E-state index in [2.05, 4.69) is 12.2 Å². The summed E-state index contributed by atoms with van der Waals surface area (Å²) in [7, 11) is 0. The van der Waals surface area contributed by atoms with Gasteiger partial charge in [-0.05, 0) is 25.7 Å². The molecule has 0 aromatic heterocycles. The van der Waals surface area contributed by atoms with Gasteiger partial charge in [-0.3, -0.25) is 9.59 Å². The second kappa shape index (κ2) is 7.39. The molecule has 3 nitrogen and oxygen atoms in total. The molecule has 114 valence electrons. The number of aryl methyl sites for hydroxylation is 1. The number of ketones is 1. The van der Waals surface area contributed by atoms with Gasteiger partial charge in [-0.25, -0.2) is 0 Å². The number of carbonyl (C=O) groups excluding carboxylic acids is 2. The quantitative estimate of drug-likeness (QED) is 0.840. The molecule has 0 saturated heterocycles. The highest BCUT2D eigenvalue weighted by Crippen LogP contribution is 2.23. The van der Waals surface area contributed by atoms with Gasteiger partial charge in [0.2, 0.25) is 5.91 Å². The SMILES string of the molecule is Cc1ccc(C(=O)CCC(=O)NC2CCCC(C)C2)cc1. The molecule has 1 saturated carbocycles. The summed E-state index contributed by atoms with van der Waals surface area (Å²) in [6.45, 7) is 4.23. The number of benzene rings is 1. The number of carbonyl (C=O) groups is 2. The van der Waals surface area contributed by atoms with Crippen LogP contribution in [0.3, 0.4) is 0 Å². The van der Waals surface area contributed by atoms with Gasteiger partial charge in [-0.15, -0.1) is 0 Å². The van der Waals surface area contributed by atoms with E-state index in [1.165, 1.54) is 12.8 Å². The molecule has 0 radical (unpaired) electrons. The lowest BCUT2D eigenvalue weighted by Crippen LogP contribution is -2.38. The van der Waals surface area contributed by atoms with Gasteiger partial charge in [0.05, 0.1) is 0 Å². The average molecular weight is 287 g/mol. The van der Waals surface area contributed by atoms with Crippen LogP contribution in [0.1, 0.15) is 61.4 Å². The van der Waals surface area contributed by atoms with Crippen LogP contribution >= 0.6 is 0 Å². The van der Waals surface area contributed by atoms with Gasteiger partial charge in [-0.1, -0.05) is 49.6 Å². The molecule has 1 aromatic rings. The molecular weight excluding hydrogens is 262 g/mol. The summed E-state index contributed by atoms with van der Waals surface area (Å²) in [5, 5.41) is 3.07. The summed E-state index contributed by atoms with van der Waals surface area (Å²) >= 11 is 0. The predicted octanol–water partition coefficient (Wildman–Crippen LogP) is 3.65. The number of rotatable bonds is 5. The fourth-order valence-corrected chi connectivity index (χ4v) is 2.98. The molecule has 0 spiro atoms. The molecule has 1 aliphatic rings. The van der Waals surface area contributed by atoms with Crippen molar-refractivity contribution in [3.05, 3.63) is 35.4 Å². The molecule has 3 heteroatoms. The third kappa shape index (κ3) is 5.00. The Morgan fingerprint density at radius 3 is 2.52 bits per heavy atom. The Bertz CT molecular complexity index is 492. The molecule has 0 bridgehead atoms. The Kier molecular flexibility index (Phi) is 5.54. The lowest BCUT2D eigenvalue weighted by Gasteiger charge is -2.27. The second-order valence-corrected chi connectivity index (χ2v) is 6.33. The highest BCUT2D eigenvalue weighted by atomic mass is 16.2. The Labute approximate surface area is 127 Å². The molecule has 1 aliphatic carbocycles. The summed E-state index contributed by atoms with van der Waals surface area (Å²) in [5.74, 6) is 0.745. The van der Waals surface area contributed by atoms with E-state index in [-0.39, 0.29) is 24.5 Å². The Balaban J connectivity index is 1.75. The van der Waals surface area contributed by atoms with Gasteiger partial charge in [0, 0.05) is 24.4 Å². The smallest absolute Gasteiger partial charge is 0.220 e. The van der Waals surface area contributed by atoms with E-state index in [0.717, 1.165) is 18.4 Å². The maximum absolute atomic E-state index is 12.0. The molecule has 0 aliphatic heterocycles. The Hall–Kier alpha value is -1.64. The molecule has 0 heterocycles. The molecule has 21 heavy (non-hydrogen) atoms. The maximum atomic E-state index is 12.0. The highest BCUT2D eigenvalue weighted by Gasteiger charge is 2.20. The van der Waals surface area contributed by atoms with Crippen molar-refractivity contribution >= 4 is 11.7 Å². The number of amides is 1. The summed E-state index contributed by atoms with van der Waals surface area (Å²) in [5.41, 5.74) is 1.83. The monoisotopic (exact) mass is 287 g/mol. The predicted molar refractivity (Wildman–Crippen MR) is 84.3 cm³/mol. The molecule has 2 unspecified atom stereocenters. The molecule has 1 fully saturated rings. The highest BCUT2D eigenvalue weighted by molar-refractivity contribution is 5.97. The van der Waals surface area contributed by atoms with E-state index in [4.69, 9.17) is 0 Å². The first-order valence-electron chi connectivity index (χ1n) is 7.94. The second-order valence-electron chi connectivity index (χ2n) is 6.33. The van der Waals surface area contributed by atoms with Gasteiger partial charge in [0.1, 0.15) is 0 Å². The van der Waals surface area contributed by atoms with Crippen LogP contribution in [0.25, 0.3) is 0 Å². The van der Waals surface area contributed by atoms with Gasteiger partial charge >= 0.3 is 0 Å². The third-order valence-electron chi connectivity index (χ3n) is 4.25. The standard InChI is InChI=1S/C18H25NO2/c1-13-6-8-15(9-7-13)17(20)10-11-18(21)19-16-5-3-4-14(2)12-16/h6-9,14,16H,3-5,10-12H2,1-2H3,(H,19,21). The molecule has 2 rings (SSSR count). The Morgan fingerprint density at radius 1 is 1.14 bits per heavy atom.